The number of rotatable bonds is 1. The second-order valence-electron chi connectivity index (χ2n) is 3.53. The lowest BCUT2D eigenvalue weighted by atomic mass is 10.4. The van der Waals surface area contributed by atoms with Crippen molar-refractivity contribution in [2.24, 2.45) is 0 Å². The number of aromatic nitrogens is 2. The van der Waals surface area contributed by atoms with E-state index in [1.54, 1.807) is 0 Å². The van der Waals surface area contributed by atoms with Crippen molar-refractivity contribution >= 4 is 17.8 Å². The first-order valence-corrected chi connectivity index (χ1v) is 4.72. The number of carbonyl (C=O) groups is 2. The summed E-state index contributed by atoms with van der Waals surface area (Å²) in [6.45, 7) is 1.54. The molecule has 2 amide bonds. The highest BCUT2D eigenvalue weighted by Crippen LogP contribution is 2.12. The van der Waals surface area contributed by atoms with Crippen molar-refractivity contribution in [2.45, 2.75) is 19.8 Å². The molecule has 84 valence electrons. The number of carbonyl (C=O) groups excluding carboxylic acids is 2. The number of nitrogen functional groups attached to an aromatic ring is 1. The molecule has 0 radical (unpaired) electrons. The van der Waals surface area contributed by atoms with Gasteiger partial charge in [0.1, 0.15) is 0 Å². The Labute approximate surface area is 90.5 Å². The maximum absolute atomic E-state index is 11.5. The first-order valence-electron chi connectivity index (χ1n) is 4.72. The standard InChI is InChI=1S/C9H10N4O3/c1-5-4-12(9(10)11-8(5)16)13-6(14)2-3-7(13)15/h4H,2-3H2,1H3,(H2,10,11,16). The minimum atomic E-state index is -0.465. The second-order valence-corrected chi connectivity index (χ2v) is 3.53. The van der Waals surface area contributed by atoms with Crippen LogP contribution in [0.15, 0.2) is 11.0 Å². The van der Waals surface area contributed by atoms with Crippen LogP contribution in [0.2, 0.25) is 0 Å². The predicted octanol–water partition coefficient (Wildman–Crippen LogP) is -1.08. The van der Waals surface area contributed by atoms with Gasteiger partial charge in [-0.05, 0) is 6.92 Å². The van der Waals surface area contributed by atoms with E-state index >= 15 is 0 Å². The van der Waals surface area contributed by atoms with Gasteiger partial charge in [0.2, 0.25) is 17.8 Å². The van der Waals surface area contributed by atoms with E-state index in [4.69, 9.17) is 5.73 Å². The maximum atomic E-state index is 11.5. The molecule has 0 atom stereocenters. The average molecular weight is 222 g/mol. The van der Waals surface area contributed by atoms with E-state index in [2.05, 4.69) is 4.98 Å². The smallest absolute Gasteiger partial charge is 0.277 e. The van der Waals surface area contributed by atoms with E-state index in [9.17, 15) is 14.4 Å². The van der Waals surface area contributed by atoms with E-state index in [-0.39, 0.29) is 30.6 Å². The number of aryl methyl sites for hydroxylation is 1. The van der Waals surface area contributed by atoms with Crippen LogP contribution in [0.25, 0.3) is 0 Å². The first-order chi connectivity index (χ1) is 7.50. The molecular formula is C9H10N4O3. The lowest BCUT2D eigenvalue weighted by molar-refractivity contribution is -0.123. The van der Waals surface area contributed by atoms with Crippen molar-refractivity contribution in [3.05, 3.63) is 22.1 Å². The molecule has 1 saturated heterocycles. The molecule has 7 nitrogen and oxygen atoms in total. The zero-order valence-electron chi connectivity index (χ0n) is 8.64. The molecule has 7 heteroatoms. The van der Waals surface area contributed by atoms with Gasteiger partial charge in [0.25, 0.3) is 5.56 Å². The monoisotopic (exact) mass is 222 g/mol. The number of amides is 2. The third-order valence-electron chi connectivity index (χ3n) is 2.34. The van der Waals surface area contributed by atoms with Gasteiger partial charge in [0.05, 0.1) is 0 Å². The van der Waals surface area contributed by atoms with Crippen LogP contribution in [-0.2, 0) is 9.59 Å². The van der Waals surface area contributed by atoms with Gasteiger partial charge in [0, 0.05) is 24.6 Å². The summed E-state index contributed by atoms with van der Waals surface area (Å²) in [6, 6.07) is 0. The number of nitrogens with two attached hydrogens (primary N) is 1. The Morgan fingerprint density at radius 1 is 1.25 bits per heavy atom. The van der Waals surface area contributed by atoms with Crippen LogP contribution in [0, 0.1) is 6.92 Å². The van der Waals surface area contributed by atoms with Crippen LogP contribution in [0.5, 0.6) is 0 Å². The Kier molecular flexibility index (Phi) is 2.22. The summed E-state index contributed by atoms with van der Waals surface area (Å²) in [5, 5.41) is 0.911. The highest BCUT2D eigenvalue weighted by atomic mass is 16.2. The Hall–Kier alpha value is -2.18. The van der Waals surface area contributed by atoms with E-state index < -0.39 is 5.56 Å². The molecule has 0 bridgehead atoms. The zero-order chi connectivity index (χ0) is 11.9. The van der Waals surface area contributed by atoms with Gasteiger partial charge >= 0.3 is 0 Å². The molecule has 2 heterocycles. The molecule has 16 heavy (non-hydrogen) atoms. The maximum Gasteiger partial charge on any atom is 0.277 e. The minimum absolute atomic E-state index is 0.156. The molecule has 1 aromatic heterocycles. The van der Waals surface area contributed by atoms with Gasteiger partial charge in [-0.1, -0.05) is 0 Å². The van der Waals surface area contributed by atoms with Crippen molar-refractivity contribution in [1.82, 2.24) is 9.66 Å². The summed E-state index contributed by atoms with van der Waals surface area (Å²) in [7, 11) is 0. The summed E-state index contributed by atoms with van der Waals surface area (Å²) in [6.07, 6.45) is 1.65. The van der Waals surface area contributed by atoms with Gasteiger partial charge in [-0.15, -0.1) is 0 Å². The molecule has 0 saturated carbocycles. The second kappa shape index (κ2) is 3.44. The van der Waals surface area contributed by atoms with Crippen LogP contribution in [0.4, 0.5) is 5.95 Å². The fraction of sp³-hybridized carbons (Fsp3) is 0.333. The van der Waals surface area contributed by atoms with Crippen LogP contribution in [0.1, 0.15) is 18.4 Å². The van der Waals surface area contributed by atoms with Crippen LogP contribution >= 0.6 is 0 Å². The Balaban J connectivity index is 2.56. The van der Waals surface area contributed by atoms with Gasteiger partial charge in [-0.3, -0.25) is 14.4 Å². The number of hydrogen-bond donors (Lipinski definition) is 1. The molecule has 0 aromatic carbocycles. The molecule has 1 aliphatic heterocycles. The normalized spacial score (nSPS) is 15.9. The average Bonchev–Trinajstić information content (AvgIpc) is 2.53. The first kappa shape index (κ1) is 10.3. The summed E-state index contributed by atoms with van der Waals surface area (Å²) in [5.41, 5.74) is 5.36. The summed E-state index contributed by atoms with van der Waals surface area (Å²) >= 11 is 0. The van der Waals surface area contributed by atoms with Gasteiger partial charge in [-0.25, -0.2) is 4.68 Å². The summed E-state index contributed by atoms with van der Waals surface area (Å²) in [5.74, 6) is -0.859. The largest absolute Gasteiger partial charge is 0.368 e. The fourth-order valence-electron chi connectivity index (χ4n) is 1.51. The molecular weight excluding hydrogens is 212 g/mol. The lowest BCUT2D eigenvalue weighted by Crippen LogP contribution is -2.41. The minimum Gasteiger partial charge on any atom is -0.368 e. The Bertz CT molecular complexity index is 518. The van der Waals surface area contributed by atoms with E-state index in [1.165, 1.54) is 13.1 Å². The number of anilines is 1. The fourth-order valence-corrected chi connectivity index (χ4v) is 1.51. The predicted molar refractivity (Wildman–Crippen MR) is 55.1 cm³/mol. The van der Waals surface area contributed by atoms with Crippen molar-refractivity contribution in [1.29, 1.82) is 0 Å². The van der Waals surface area contributed by atoms with E-state index in [1.807, 2.05) is 0 Å². The van der Waals surface area contributed by atoms with Gasteiger partial charge in [-0.2, -0.15) is 9.99 Å². The van der Waals surface area contributed by atoms with Crippen molar-refractivity contribution in [2.75, 3.05) is 10.7 Å². The molecule has 2 rings (SSSR count). The Morgan fingerprint density at radius 3 is 2.38 bits per heavy atom. The number of imide groups is 1. The van der Waals surface area contributed by atoms with Gasteiger partial charge < -0.3 is 5.73 Å². The van der Waals surface area contributed by atoms with E-state index in [0.29, 0.717) is 5.56 Å². The molecule has 1 fully saturated rings. The molecule has 1 aliphatic rings. The Morgan fingerprint density at radius 2 is 1.81 bits per heavy atom. The topological polar surface area (TPSA) is 98.3 Å². The van der Waals surface area contributed by atoms with Crippen LogP contribution in [0.3, 0.4) is 0 Å². The zero-order valence-corrected chi connectivity index (χ0v) is 8.64. The molecule has 1 aromatic rings. The molecule has 0 aliphatic carbocycles. The highest BCUT2D eigenvalue weighted by Gasteiger charge is 2.31. The molecule has 0 spiro atoms. The third-order valence-corrected chi connectivity index (χ3v) is 2.34. The summed E-state index contributed by atoms with van der Waals surface area (Å²) in [4.78, 5) is 37.6. The van der Waals surface area contributed by atoms with Crippen LogP contribution < -0.4 is 16.3 Å². The van der Waals surface area contributed by atoms with Crippen molar-refractivity contribution in [3.8, 4) is 0 Å². The van der Waals surface area contributed by atoms with Gasteiger partial charge in [0.15, 0.2) is 0 Å². The highest BCUT2D eigenvalue weighted by molar-refractivity contribution is 6.14. The third kappa shape index (κ3) is 1.46. The number of nitrogens with zero attached hydrogens (tertiary/aromatic N) is 3. The SMILES string of the molecule is Cc1cn(N2C(=O)CCC2=O)c(N)nc1=O. The molecule has 2 N–H and O–H groups in total. The summed E-state index contributed by atoms with van der Waals surface area (Å²) < 4.78 is 1.12. The van der Waals surface area contributed by atoms with E-state index in [0.717, 1.165) is 9.69 Å². The van der Waals surface area contributed by atoms with Crippen LogP contribution in [-0.4, -0.2) is 21.5 Å². The number of hydrogen-bond acceptors (Lipinski definition) is 5. The molecule has 0 unspecified atom stereocenters. The lowest BCUT2D eigenvalue weighted by Gasteiger charge is -2.18. The quantitative estimate of drug-likeness (QED) is 0.609. The van der Waals surface area contributed by atoms with Crippen molar-refractivity contribution in [3.63, 3.8) is 0 Å². The van der Waals surface area contributed by atoms with Crippen molar-refractivity contribution < 1.29 is 9.59 Å².